The van der Waals surface area contributed by atoms with Crippen LogP contribution in [0, 0.1) is 11.3 Å². The summed E-state index contributed by atoms with van der Waals surface area (Å²) in [5.74, 6) is 0.759. The Bertz CT molecular complexity index is 491. The zero-order valence-corrected chi connectivity index (χ0v) is 11.9. The second kappa shape index (κ2) is 5.98. The summed E-state index contributed by atoms with van der Waals surface area (Å²) < 4.78 is 0. The molecule has 19 heavy (non-hydrogen) atoms. The molecule has 0 amide bonds. The third kappa shape index (κ3) is 2.54. The highest BCUT2D eigenvalue weighted by Gasteiger charge is 2.26. The lowest BCUT2D eigenvalue weighted by molar-refractivity contribution is 0.616. The first-order valence-corrected chi connectivity index (χ1v) is 6.95. The van der Waals surface area contributed by atoms with Crippen molar-refractivity contribution in [2.45, 2.75) is 39.2 Å². The van der Waals surface area contributed by atoms with Crippen LogP contribution in [0.25, 0.3) is 0 Å². The first kappa shape index (κ1) is 13.8. The zero-order chi connectivity index (χ0) is 13.8. The molecule has 102 valence electrons. The monoisotopic (exact) mass is 259 g/mol. The maximum Gasteiger partial charge on any atom is 0.169 e. The van der Waals surface area contributed by atoms with Crippen molar-refractivity contribution in [3.63, 3.8) is 0 Å². The van der Waals surface area contributed by atoms with E-state index in [9.17, 15) is 5.26 Å². The van der Waals surface area contributed by atoms with Gasteiger partial charge in [-0.3, -0.25) is 0 Å². The molecule has 0 aromatic carbocycles. The van der Waals surface area contributed by atoms with Crippen LogP contribution in [0.5, 0.6) is 0 Å². The van der Waals surface area contributed by atoms with Crippen molar-refractivity contribution in [1.82, 2.24) is 15.5 Å². The molecule has 1 N–H and O–H groups in total. The number of nitrogens with zero attached hydrogens (tertiary/aromatic N) is 4. The van der Waals surface area contributed by atoms with Crippen molar-refractivity contribution >= 4 is 5.82 Å². The molecule has 1 aromatic rings. The van der Waals surface area contributed by atoms with E-state index in [0.29, 0.717) is 11.6 Å². The first-order chi connectivity index (χ1) is 9.24. The molecule has 1 aliphatic rings. The second-order valence-corrected chi connectivity index (χ2v) is 4.86. The fourth-order valence-corrected chi connectivity index (χ4v) is 2.69. The molecule has 1 fully saturated rings. The van der Waals surface area contributed by atoms with E-state index in [1.54, 1.807) is 0 Å². The fraction of sp³-hybridized carbons (Fsp3) is 0.643. The van der Waals surface area contributed by atoms with Gasteiger partial charge in [-0.2, -0.15) is 10.4 Å². The van der Waals surface area contributed by atoms with E-state index < -0.39 is 0 Å². The van der Waals surface area contributed by atoms with Gasteiger partial charge in [-0.25, -0.2) is 0 Å². The number of hydrogen-bond acceptors (Lipinski definition) is 5. The Morgan fingerprint density at radius 2 is 2.16 bits per heavy atom. The van der Waals surface area contributed by atoms with Crippen molar-refractivity contribution in [3.8, 4) is 6.07 Å². The van der Waals surface area contributed by atoms with E-state index in [1.165, 1.54) is 0 Å². The summed E-state index contributed by atoms with van der Waals surface area (Å²) in [6.45, 7) is 5.95. The minimum atomic E-state index is 0.476. The van der Waals surface area contributed by atoms with E-state index in [4.69, 9.17) is 0 Å². The van der Waals surface area contributed by atoms with Gasteiger partial charge in [0.15, 0.2) is 5.82 Å². The lowest BCUT2D eigenvalue weighted by atomic mass is 10.0. The topological polar surface area (TPSA) is 64.8 Å². The molecule has 0 radical (unpaired) electrons. The average Bonchev–Trinajstić information content (AvgIpc) is 2.94. The zero-order valence-electron chi connectivity index (χ0n) is 11.9. The van der Waals surface area contributed by atoms with Gasteiger partial charge in [0.25, 0.3) is 0 Å². The molecular formula is C14H21N5. The van der Waals surface area contributed by atoms with Gasteiger partial charge in [0.1, 0.15) is 11.6 Å². The van der Waals surface area contributed by atoms with Crippen molar-refractivity contribution in [2.75, 3.05) is 25.0 Å². The highest BCUT2D eigenvalue weighted by Crippen LogP contribution is 2.26. The van der Waals surface area contributed by atoms with Crippen LogP contribution in [-0.4, -0.2) is 36.4 Å². The number of aryl methyl sites for hydroxylation is 1. The lowest BCUT2D eigenvalue weighted by Gasteiger charge is -2.20. The third-order valence-electron chi connectivity index (χ3n) is 3.84. The quantitative estimate of drug-likeness (QED) is 0.882. The molecular weight excluding hydrogens is 238 g/mol. The molecule has 1 saturated heterocycles. The van der Waals surface area contributed by atoms with Crippen molar-refractivity contribution in [1.29, 1.82) is 5.26 Å². The summed E-state index contributed by atoms with van der Waals surface area (Å²) >= 11 is 0. The molecule has 0 saturated carbocycles. The Kier molecular flexibility index (Phi) is 4.33. The van der Waals surface area contributed by atoms with E-state index in [2.05, 4.69) is 40.3 Å². The number of nitrogens with one attached hydrogen (secondary N) is 1. The Labute approximate surface area is 114 Å². The van der Waals surface area contributed by atoms with E-state index in [0.717, 1.165) is 49.4 Å². The van der Waals surface area contributed by atoms with E-state index >= 15 is 0 Å². The van der Waals surface area contributed by atoms with Crippen LogP contribution in [0.15, 0.2) is 0 Å². The van der Waals surface area contributed by atoms with Crippen LogP contribution in [0.1, 0.15) is 37.1 Å². The van der Waals surface area contributed by atoms with Crippen LogP contribution in [0.2, 0.25) is 0 Å². The maximum atomic E-state index is 9.47. The van der Waals surface area contributed by atoms with Gasteiger partial charge in [0, 0.05) is 19.1 Å². The van der Waals surface area contributed by atoms with Gasteiger partial charge in [-0.15, -0.1) is 5.10 Å². The molecule has 5 heteroatoms. The molecule has 1 atom stereocenters. The van der Waals surface area contributed by atoms with Crippen LogP contribution < -0.4 is 10.2 Å². The van der Waals surface area contributed by atoms with Gasteiger partial charge in [0.2, 0.25) is 0 Å². The van der Waals surface area contributed by atoms with Gasteiger partial charge in [-0.05, 0) is 31.9 Å². The van der Waals surface area contributed by atoms with Gasteiger partial charge < -0.3 is 10.2 Å². The minimum Gasteiger partial charge on any atom is -0.352 e. The Hall–Kier alpha value is -1.67. The Morgan fingerprint density at radius 3 is 2.68 bits per heavy atom. The summed E-state index contributed by atoms with van der Waals surface area (Å²) in [4.78, 5) is 2.17. The smallest absolute Gasteiger partial charge is 0.169 e. The number of hydrogen-bond donors (Lipinski definition) is 1. The molecule has 1 aromatic heterocycles. The van der Waals surface area contributed by atoms with E-state index in [1.807, 2.05) is 7.05 Å². The summed E-state index contributed by atoms with van der Waals surface area (Å²) in [6.07, 6.45) is 2.74. The van der Waals surface area contributed by atoms with Crippen LogP contribution in [0.4, 0.5) is 5.82 Å². The van der Waals surface area contributed by atoms with Crippen molar-refractivity contribution < 1.29 is 0 Å². The molecule has 2 rings (SSSR count). The Balaban J connectivity index is 2.39. The highest BCUT2D eigenvalue weighted by atomic mass is 15.3. The molecule has 2 heterocycles. The van der Waals surface area contributed by atoms with Crippen molar-refractivity contribution in [2.24, 2.45) is 0 Å². The molecule has 1 unspecified atom stereocenters. The predicted molar refractivity (Wildman–Crippen MR) is 75.2 cm³/mol. The van der Waals surface area contributed by atoms with Crippen molar-refractivity contribution in [3.05, 3.63) is 16.8 Å². The van der Waals surface area contributed by atoms with E-state index in [-0.39, 0.29) is 0 Å². The van der Waals surface area contributed by atoms with Gasteiger partial charge in [0.05, 0.1) is 5.69 Å². The maximum absolute atomic E-state index is 9.47. The normalized spacial score (nSPS) is 18.6. The number of anilines is 1. The Morgan fingerprint density at radius 1 is 1.37 bits per heavy atom. The number of likely N-dealkylation sites (N-methyl/N-ethyl adjacent to an activating group) is 1. The van der Waals surface area contributed by atoms with Crippen LogP contribution in [-0.2, 0) is 12.8 Å². The molecule has 0 bridgehead atoms. The minimum absolute atomic E-state index is 0.476. The molecule has 1 aliphatic heterocycles. The highest BCUT2D eigenvalue weighted by molar-refractivity contribution is 5.58. The summed E-state index contributed by atoms with van der Waals surface area (Å²) in [7, 11) is 1.97. The SMILES string of the molecule is CCc1nnc(N2CCC(NC)C2)c(C#N)c1CC. The first-order valence-electron chi connectivity index (χ1n) is 6.95. The largest absolute Gasteiger partial charge is 0.352 e. The third-order valence-corrected chi connectivity index (χ3v) is 3.84. The summed E-state index contributed by atoms with van der Waals surface area (Å²) in [5.41, 5.74) is 2.72. The predicted octanol–water partition coefficient (Wildman–Crippen LogP) is 1.27. The van der Waals surface area contributed by atoms with Crippen LogP contribution in [0.3, 0.4) is 0 Å². The molecule has 0 aliphatic carbocycles. The lowest BCUT2D eigenvalue weighted by Crippen LogP contribution is -2.30. The standard InChI is InChI=1S/C14H21N5/c1-4-11-12(8-15)14(18-17-13(11)5-2)19-7-6-10(9-19)16-3/h10,16H,4-7,9H2,1-3H3. The summed E-state index contributed by atoms with van der Waals surface area (Å²) in [6, 6.07) is 2.81. The van der Waals surface area contributed by atoms with Gasteiger partial charge in [-0.1, -0.05) is 13.8 Å². The average molecular weight is 259 g/mol. The van der Waals surface area contributed by atoms with Crippen LogP contribution >= 0.6 is 0 Å². The van der Waals surface area contributed by atoms with Gasteiger partial charge >= 0.3 is 0 Å². The molecule has 0 spiro atoms. The number of nitriles is 1. The number of aromatic nitrogens is 2. The second-order valence-electron chi connectivity index (χ2n) is 4.86. The number of rotatable bonds is 4. The molecule has 5 nitrogen and oxygen atoms in total. The fourth-order valence-electron chi connectivity index (χ4n) is 2.69. The summed E-state index contributed by atoms with van der Waals surface area (Å²) in [5, 5.41) is 21.4.